The topological polar surface area (TPSA) is 46.2 Å². The molecule has 2 rings (SSSR count). The Morgan fingerprint density at radius 3 is 2.42 bits per heavy atom. The minimum atomic E-state index is 0.253. The zero-order valence-electron chi connectivity index (χ0n) is 11.4. The maximum Gasteiger partial charge on any atom is 0.125 e. The second kappa shape index (κ2) is 6.28. The van der Waals surface area contributed by atoms with Crippen LogP contribution in [0.4, 0.5) is 5.69 Å². The van der Waals surface area contributed by atoms with Crippen LogP contribution >= 0.6 is 0 Å². The van der Waals surface area contributed by atoms with Crippen molar-refractivity contribution in [2.24, 2.45) is 0 Å². The van der Waals surface area contributed by atoms with E-state index in [9.17, 15) is 5.11 Å². The van der Waals surface area contributed by atoms with E-state index in [4.69, 9.17) is 5.73 Å². The van der Waals surface area contributed by atoms with Gasteiger partial charge in [0, 0.05) is 11.3 Å². The summed E-state index contributed by atoms with van der Waals surface area (Å²) in [7, 11) is 0. The van der Waals surface area contributed by atoms with E-state index in [0.717, 1.165) is 29.5 Å². The highest BCUT2D eigenvalue weighted by Crippen LogP contribution is 2.37. The van der Waals surface area contributed by atoms with Crippen molar-refractivity contribution in [3.63, 3.8) is 0 Å². The molecule has 0 spiro atoms. The first-order chi connectivity index (χ1) is 9.24. The number of benzene rings is 2. The molecule has 0 bridgehead atoms. The first kappa shape index (κ1) is 13.5. The van der Waals surface area contributed by atoms with Crippen LogP contribution in [0.15, 0.2) is 42.5 Å². The van der Waals surface area contributed by atoms with Crippen LogP contribution in [-0.2, 0) is 6.42 Å². The van der Waals surface area contributed by atoms with Crippen molar-refractivity contribution < 1.29 is 5.11 Å². The predicted molar refractivity (Wildman–Crippen MR) is 81.2 cm³/mol. The molecular formula is C17H21NO. The lowest BCUT2D eigenvalue weighted by atomic mass is 9.96. The van der Waals surface area contributed by atoms with Gasteiger partial charge in [0.1, 0.15) is 5.75 Å². The van der Waals surface area contributed by atoms with E-state index in [1.54, 1.807) is 6.07 Å². The van der Waals surface area contributed by atoms with Crippen molar-refractivity contribution >= 4 is 5.69 Å². The molecule has 0 unspecified atom stereocenters. The van der Waals surface area contributed by atoms with E-state index in [2.05, 4.69) is 6.92 Å². The van der Waals surface area contributed by atoms with Gasteiger partial charge in [-0.2, -0.15) is 0 Å². The summed E-state index contributed by atoms with van der Waals surface area (Å²) in [5.41, 5.74) is 9.80. The molecule has 0 aliphatic rings. The highest BCUT2D eigenvalue weighted by molar-refractivity contribution is 5.83. The van der Waals surface area contributed by atoms with Crippen LogP contribution in [0.25, 0.3) is 11.1 Å². The molecule has 0 aromatic heterocycles. The number of unbranched alkanes of at least 4 members (excludes halogenated alkanes) is 2. The van der Waals surface area contributed by atoms with Gasteiger partial charge < -0.3 is 10.8 Å². The molecule has 0 saturated carbocycles. The number of phenolic OH excluding ortho intramolecular Hbond substituents is 1. The van der Waals surface area contributed by atoms with Gasteiger partial charge in [-0.25, -0.2) is 0 Å². The molecular weight excluding hydrogens is 234 g/mol. The van der Waals surface area contributed by atoms with Crippen molar-refractivity contribution in [2.45, 2.75) is 32.6 Å². The monoisotopic (exact) mass is 255 g/mol. The fourth-order valence-corrected chi connectivity index (χ4v) is 2.34. The molecule has 0 heterocycles. The minimum absolute atomic E-state index is 0.253. The third kappa shape index (κ3) is 3.08. The molecule has 0 atom stereocenters. The van der Waals surface area contributed by atoms with Crippen LogP contribution in [0, 0.1) is 0 Å². The molecule has 0 saturated heterocycles. The third-order valence-electron chi connectivity index (χ3n) is 3.43. The summed E-state index contributed by atoms with van der Waals surface area (Å²) in [6, 6.07) is 13.5. The Labute approximate surface area is 114 Å². The number of nitrogen functional groups attached to an aromatic ring is 1. The maximum atomic E-state index is 10.1. The zero-order valence-corrected chi connectivity index (χ0v) is 11.4. The van der Waals surface area contributed by atoms with Crippen molar-refractivity contribution in [3.8, 4) is 16.9 Å². The first-order valence-corrected chi connectivity index (χ1v) is 6.89. The number of rotatable bonds is 5. The molecule has 2 nitrogen and oxygen atoms in total. The van der Waals surface area contributed by atoms with Gasteiger partial charge in [0.2, 0.25) is 0 Å². The summed E-state index contributed by atoms with van der Waals surface area (Å²) >= 11 is 0. The molecule has 19 heavy (non-hydrogen) atoms. The number of hydrogen-bond donors (Lipinski definition) is 2. The molecule has 0 aliphatic heterocycles. The SMILES string of the molecule is CCCCCc1ccc(O)c(-c2ccccc2)c1N. The molecule has 0 fully saturated rings. The summed E-state index contributed by atoms with van der Waals surface area (Å²) in [4.78, 5) is 0. The molecule has 0 radical (unpaired) electrons. The van der Waals surface area contributed by atoms with Gasteiger partial charge in [0.15, 0.2) is 0 Å². The lowest BCUT2D eigenvalue weighted by Gasteiger charge is -2.13. The van der Waals surface area contributed by atoms with Gasteiger partial charge in [0.25, 0.3) is 0 Å². The Balaban J connectivity index is 2.35. The molecule has 2 heteroatoms. The van der Waals surface area contributed by atoms with Gasteiger partial charge in [0.05, 0.1) is 0 Å². The summed E-state index contributed by atoms with van der Waals surface area (Å²) in [5, 5.41) is 10.1. The molecule has 3 N–H and O–H groups in total. The van der Waals surface area contributed by atoms with Crippen molar-refractivity contribution in [3.05, 3.63) is 48.0 Å². The lowest BCUT2D eigenvalue weighted by molar-refractivity contribution is 0.477. The van der Waals surface area contributed by atoms with Crippen LogP contribution in [0.3, 0.4) is 0 Å². The van der Waals surface area contributed by atoms with Crippen LogP contribution < -0.4 is 5.73 Å². The van der Waals surface area contributed by atoms with Crippen molar-refractivity contribution in [1.82, 2.24) is 0 Å². The Hall–Kier alpha value is -1.96. The lowest BCUT2D eigenvalue weighted by Crippen LogP contribution is -1.98. The normalized spacial score (nSPS) is 10.6. The van der Waals surface area contributed by atoms with E-state index in [1.165, 1.54) is 12.8 Å². The van der Waals surface area contributed by atoms with Gasteiger partial charge in [-0.3, -0.25) is 0 Å². The van der Waals surface area contributed by atoms with Crippen LogP contribution in [0.1, 0.15) is 31.7 Å². The fraction of sp³-hybridized carbons (Fsp3) is 0.294. The van der Waals surface area contributed by atoms with Crippen LogP contribution in [0.2, 0.25) is 0 Å². The van der Waals surface area contributed by atoms with Gasteiger partial charge in [-0.05, 0) is 30.0 Å². The summed E-state index contributed by atoms with van der Waals surface area (Å²) in [6.07, 6.45) is 4.52. The van der Waals surface area contributed by atoms with Crippen molar-refractivity contribution in [1.29, 1.82) is 0 Å². The van der Waals surface area contributed by atoms with E-state index < -0.39 is 0 Å². The molecule has 100 valence electrons. The number of nitrogens with two attached hydrogens (primary N) is 1. The second-order valence-electron chi connectivity index (χ2n) is 4.86. The highest BCUT2D eigenvalue weighted by Gasteiger charge is 2.11. The summed E-state index contributed by atoms with van der Waals surface area (Å²) < 4.78 is 0. The predicted octanol–water partition coefficient (Wildman–Crippen LogP) is 4.37. The number of aromatic hydroxyl groups is 1. The number of phenols is 1. The molecule has 0 amide bonds. The molecule has 2 aromatic rings. The van der Waals surface area contributed by atoms with E-state index in [-0.39, 0.29) is 5.75 Å². The molecule has 0 aliphatic carbocycles. The van der Waals surface area contributed by atoms with E-state index in [0.29, 0.717) is 5.69 Å². The molecule has 2 aromatic carbocycles. The van der Waals surface area contributed by atoms with Crippen LogP contribution in [0.5, 0.6) is 5.75 Å². The number of anilines is 1. The summed E-state index contributed by atoms with van der Waals surface area (Å²) in [6.45, 7) is 2.19. The number of hydrogen-bond acceptors (Lipinski definition) is 2. The van der Waals surface area contributed by atoms with Gasteiger partial charge in [-0.1, -0.05) is 56.2 Å². The Kier molecular flexibility index (Phi) is 4.45. The smallest absolute Gasteiger partial charge is 0.125 e. The standard InChI is InChI=1S/C17H21NO/c1-2-3-5-10-14-11-12-15(19)16(17(14)18)13-8-6-4-7-9-13/h4,6-9,11-12,19H,2-3,5,10,18H2,1H3. The Morgan fingerprint density at radius 1 is 1.00 bits per heavy atom. The highest BCUT2D eigenvalue weighted by atomic mass is 16.3. The Morgan fingerprint density at radius 2 is 1.74 bits per heavy atom. The zero-order chi connectivity index (χ0) is 13.7. The van der Waals surface area contributed by atoms with Gasteiger partial charge >= 0.3 is 0 Å². The quantitative estimate of drug-likeness (QED) is 0.615. The fourth-order valence-electron chi connectivity index (χ4n) is 2.34. The van der Waals surface area contributed by atoms with E-state index >= 15 is 0 Å². The van der Waals surface area contributed by atoms with Gasteiger partial charge in [-0.15, -0.1) is 0 Å². The first-order valence-electron chi connectivity index (χ1n) is 6.89. The van der Waals surface area contributed by atoms with Crippen molar-refractivity contribution in [2.75, 3.05) is 5.73 Å². The third-order valence-corrected chi connectivity index (χ3v) is 3.43. The average molecular weight is 255 g/mol. The largest absolute Gasteiger partial charge is 0.507 e. The van der Waals surface area contributed by atoms with Crippen LogP contribution in [-0.4, -0.2) is 5.11 Å². The summed E-state index contributed by atoms with van der Waals surface area (Å²) in [5.74, 6) is 0.253. The maximum absolute atomic E-state index is 10.1. The second-order valence-corrected chi connectivity index (χ2v) is 4.86. The number of aryl methyl sites for hydroxylation is 1. The Bertz CT molecular complexity index is 534. The minimum Gasteiger partial charge on any atom is -0.507 e. The van der Waals surface area contributed by atoms with E-state index in [1.807, 2.05) is 36.4 Å². The average Bonchev–Trinajstić information content (AvgIpc) is 2.43.